The highest BCUT2D eigenvalue weighted by atomic mass is 35.5. The molecule has 0 aliphatic carbocycles. The van der Waals surface area contributed by atoms with Gasteiger partial charge in [0.05, 0.1) is 17.4 Å². The summed E-state index contributed by atoms with van der Waals surface area (Å²) in [4.78, 5) is 4.85. The van der Waals surface area contributed by atoms with Gasteiger partial charge in [-0.3, -0.25) is 0 Å². The van der Waals surface area contributed by atoms with Crippen molar-refractivity contribution in [2.45, 2.75) is 12.5 Å². The van der Waals surface area contributed by atoms with Crippen molar-refractivity contribution in [3.63, 3.8) is 0 Å². The topological polar surface area (TPSA) is 48.7 Å². The fraction of sp³-hybridized carbons (Fsp3) is 0.0833. The average molecular weight is 432 g/mol. The number of aromatic nitrogens is 1. The maximum atomic E-state index is 10.3. The maximum absolute atomic E-state index is 10.3. The van der Waals surface area contributed by atoms with Crippen molar-refractivity contribution in [1.29, 1.82) is 0 Å². The summed E-state index contributed by atoms with van der Waals surface area (Å²) in [7, 11) is 0. The predicted molar refractivity (Wildman–Crippen MR) is 123 cm³/mol. The minimum absolute atomic E-state index is 0.0131. The zero-order valence-electron chi connectivity index (χ0n) is 15.9. The van der Waals surface area contributed by atoms with Crippen LogP contribution in [0.5, 0.6) is 5.75 Å². The zero-order chi connectivity index (χ0) is 20.5. The SMILES string of the molecule is Oc1ccccc1C1=NN(c2nc(-c3cccc(Cl)c3)cs2)[C@@H](c2ccccc2)C1. The Morgan fingerprint density at radius 3 is 2.57 bits per heavy atom. The number of thiazole rings is 1. The molecule has 0 saturated heterocycles. The van der Waals surface area contributed by atoms with Gasteiger partial charge in [-0.15, -0.1) is 11.3 Å². The Hall–Kier alpha value is -3.15. The van der Waals surface area contributed by atoms with Gasteiger partial charge in [0.15, 0.2) is 0 Å². The Bertz CT molecular complexity index is 1220. The van der Waals surface area contributed by atoms with Crippen LogP contribution in [0.15, 0.2) is 89.3 Å². The predicted octanol–water partition coefficient (Wildman–Crippen LogP) is 6.52. The Kier molecular flexibility index (Phi) is 4.99. The molecule has 3 aromatic carbocycles. The highest BCUT2D eigenvalue weighted by Gasteiger charge is 2.32. The van der Waals surface area contributed by atoms with Gasteiger partial charge in [0.1, 0.15) is 5.75 Å². The number of halogens is 1. The minimum atomic E-state index is 0.0131. The van der Waals surface area contributed by atoms with Crippen LogP contribution in [-0.2, 0) is 0 Å². The van der Waals surface area contributed by atoms with Crippen molar-refractivity contribution in [3.05, 3.63) is 100 Å². The smallest absolute Gasteiger partial charge is 0.207 e. The summed E-state index contributed by atoms with van der Waals surface area (Å²) in [5.41, 5.74) is 4.61. The van der Waals surface area contributed by atoms with Crippen molar-refractivity contribution in [1.82, 2.24) is 4.98 Å². The molecule has 0 fully saturated rings. The molecule has 1 aliphatic rings. The van der Waals surface area contributed by atoms with E-state index in [2.05, 4.69) is 12.1 Å². The summed E-state index contributed by atoms with van der Waals surface area (Å²) < 4.78 is 0. The summed E-state index contributed by atoms with van der Waals surface area (Å²) >= 11 is 7.70. The van der Waals surface area contributed by atoms with Crippen molar-refractivity contribution < 1.29 is 5.11 Å². The van der Waals surface area contributed by atoms with Crippen LogP contribution in [0, 0.1) is 0 Å². The van der Waals surface area contributed by atoms with Gasteiger partial charge in [-0.25, -0.2) is 9.99 Å². The standard InChI is InChI=1S/C24H18ClN3OS/c25-18-10-6-9-17(13-18)21-15-30-24(26-21)28-22(16-7-2-1-3-8-16)14-20(27-28)19-11-4-5-12-23(19)29/h1-13,15,22,29H,14H2/t22-/m1/s1. The Morgan fingerprint density at radius 1 is 0.967 bits per heavy atom. The molecule has 0 bridgehead atoms. The molecule has 0 radical (unpaired) electrons. The Morgan fingerprint density at radius 2 is 1.77 bits per heavy atom. The molecule has 2 heterocycles. The number of hydrogen-bond donors (Lipinski definition) is 1. The van der Waals surface area contributed by atoms with Gasteiger partial charge in [0, 0.05) is 28.0 Å². The van der Waals surface area contributed by atoms with Crippen LogP contribution in [0.4, 0.5) is 5.13 Å². The molecule has 5 rings (SSSR count). The van der Waals surface area contributed by atoms with E-state index in [0.717, 1.165) is 33.2 Å². The number of aromatic hydroxyl groups is 1. The molecule has 1 atom stereocenters. The third kappa shape index (κ3) is 3.58. The molecule has 6 heteroatoms. The first-order chi connectivity index (χ1) is 14.7. The first-order valence-electron chi connectivity index (χ1n) is 9.60. The average Bonchev–Trinajstić information content (AvgIpc) is 3.42. The van der Waals surface area contributed by atoms with E-state index in [1.807, 2.05) is 71.1 Å². The summed E-state index contributed by atoms with van der Waals surface area (Å²) in [6, 6.07) is 25.3. The third-order valence-corrected chi connectivity index (χ3v) is 6.18. The van der Waals surface area contributed by atoms with Crippen LogP contribution in [0.2, 0.25) is 5.02 Å². The quantitative estimate of drug-likeness (QED) is 0.400. The molecule has 4 aromatic rings. The van der Waals surface area contributed by atoms with E-state index in [-0.39, 0.29) is 11.8 Å². The van der Waals surface area contributed by atoms with E-state index in [0.29, 0.717) is 11.4 Å². The van der Waals surface area contributed by atoms with E-state index in [1.165, 1.54) is 0 Å². The van der Waals surface area contributed by atoms with Crippen LogP contribution >= 0.6 is 22.9 Å². The van der Waals surface area contributed by atoms with Crippen LogP contribution in [0.3, 0.4) is 0 Å². The van der Waals surface area contributed by atoms with E-state index < -0.39 is 0 Å². The molecule has 148 valence electrons. The number of benzene rings is 3. The van der Waals surface area contributed by atoms with Gasteiger partial charge in [-0.1, -0.05) is 66.2 Å². The molecular weight excluding hydrogens is 414 g/mol. The maximum Gasteiger partial charge on any atom is 0.207 e. The number of hydrogen-bond acceptors (Lipinski definition) is 5. The number of para-hydroxylation sites is 1. The van der Waals surface area contributed by atoms with Crippen molar-refractivity contribution in [2.75, 3.05) is 5.01 Å². The van der Waals surface area contributed by atoms with Crippen LogP contribution in [0.25, 0.3) is 11.3 Å². The molecule has 1 aromatic heterocycles. The van der Waals surface area contributed by atoms with Gasteiger partial charge in [-0.2, -0.15) is 5.10 Å². The fourth-order valence-electron chi connectivity index (χ4n) is 3.65. The summed E-state index contributed by atoms with van der Waals surface area (Å²) in [6.45, 7) is 0. The van der Waals surface area contributed by atoms with Crippen molar-refractivity contribution >= 4 is 33.8 Å². The number of phenols is 1. The molecule has 0 amide bonds. The minimum Gasteiger partial charge on any atom is -0.507 e. The molecule has 0 saturated carbocycles. The van der Waals surface area contributed by atoms with Crippen LogP contribution in [-0.4, -0.2) is 15.8 Å². The molecule has 4 nitrogen and oxygen atoms in total. The fourth-order valence-corrected chi connectivity index (χ4v) is 4.68. The van der Waals surface area contributed by atoms with Crippen molar-refractivity contribution in [2.24, 2.45) is 5.10 Å². The lowest BCUT2D eigenvalue weighted by Gasteiger charge is -2.21. The normalized spacial score (nSPS) is 16.0. The largest absolute Gasteiger partial charge is 0.507 e. The first kappa shape index (κ1) is 18.9. The lowest BCUT2D eigenvalue weighted by molar-refractivity contribution is 0.474. The summed E-state index contributed by atoms with van der Waals surface area (Å²) in [5.74, 6) is 0.240. The first-order valence-corrected chi connectivity index (χ1v) is 10.9. The number of rotatable bonds is 4. The second kappa shape index (κ2) is 7.94. The molecule has 0 spiro atoms. The second-order valence-corrected chi connectivity index (χ2v) is 8.34. The van der Waals surface area contributed by atoms with Gasteiger partial charge in [0.2, 0.25) is 5.13 Å². The lowest BCUT2D eigenvalue weighted by Crippen LogP contribution is -2.18. The monoisotopic (exact) mass is 431 g/mol. The van der Waals surface area contributed by atoms with Crippen molar-refractivity contribution in [3.8, 4) is 17.0 Å². The second-order valence-electron chi connectivity index (χ2n) is 7.06. The Labute approximate surface area is 183 Å². The van der Waals surface area contributed by atoms with E-state index in [1.54, 1.807) is 17.4 Å². The zero-order valence-corrected chi connectivity index (χ0v) is 17.5. The number of hydrazone groups is 1. The lowest BCUT2D eigenvalue weighted by atomic mass is 9.98. The highest BCUT2D eigenvalue weighted by Crippen LogP contribution is 2.40. The number of phenolic OH excluding ortho intramolecular Hbond substituents is 1. The molecule has 30 heavy (non-hydrogen) atoms. The number of anilines is 1. The van der Waals surface area contributed by atoms with E-state index in [9.17, 15) is 5.11 Å². The van der Waals surface area contributed by atoms with Crippen LogP contribution < -0.4 is 5.01 Å². The Balaban J connectivity index is 1.55. The summed E-state index contributed by atoms with van der Waals surface area (Å²) in [5, 5.41) is 20.7. The van der Waals surface area contributed by atoms with E-state index >= 15 is 0 Å². The molecule has 1 N–H and O–H groups in total. The third-order valence-electron chi connectivity index (χ3n) is 5.12. The van der Waals surface area contributed by atoms with Gasteiger partial charge in [0.25, 0.3) is 0 Å². The summed E-state index contributed by atoms with van der Waals surface area (Å²) in [6.07, 6.45) is 0.688. The molecule has 0 unspecified atom stereocenters. The number of nitrogens with zero attached hydrogens (tertiary/aromatic N) is 3. The van der Waals surface area contributed by atoms with E-state index in [4.69, 9.17) is 21.7 Å². The van der Waals surface area contributed by atoms with Gasteiger partial charge in [-0.05, 0) is 29.8 Å². The van der Waals surface area contributed by atoms with Crippen LogP contribution in [0.1, 0.15) is 23.6 Å². The molecular formula is C24H18ClN3OS. The highest BCUT2D eigenvalue weighted by molar-refractivity contribution is 7.14. The van der Waals surface area contributed by atoms with Gasteiger partial charge < -0.3 is 5.11 Å². The van der Waals surface area contributed by atoms with Gasteiger partial charge >= 0.3 is 0 Å². The molecule has 1 aliphatic heterocycles.